The minimum atomic E-state index is 0.0307. The summed E-state index contributed by atoms with van der Waals surface area (Å²) in [5.41, 5.74) is 0. The summed E-state index contributed by atoms with van der Waals surface area (Å²) in [7, 11) is 1.64. The fourth-order valence-electron chi connectivity index (χ4n) is 0.971. The first-order valence-electron chi connectivity index (χ1n) is 4.95. The fraction of sp³-hybridized carbons (Fsp3) is 0.875. The molecule has 0 atom stereocenters. The van der Waals surface area contributed by atoms with Crippen molar-refractivity contribution in [3.05, 3.63) is 0 Å². The molecule has 7 nitrogen and oxygen atoms in total. The predicted octanol–water partition coefficient (Wildman–Crippen LogP) is -0.580. The van der Waals surface area contributed by atoms with E-state index in [-0.39, 0.29) is 6.61 Å². The van der Waals surface area contributed by atoms with Crippen LogP contribution in [0.25, 0.3) is 0 Å². The van der Waals surface area contributed by atoms with Gasteiger partial charge in [0.1, 0.15) is 0 Å². The van der Waals surface area contributed by atoms with Crippen LogP contribution < -0.4 is 0 Å². The van der Waals surface area contributed by atoms with Gasteiger partial charge in [-0.1, -0.05) is 11.8 Å². The quantitative estimate of drug-likeness (QED) is 0.462. The van der Waals surface area contributed by atoms with Gasteiger partial charge in [-0.15, -0.1) is 5.10 Å². The smallest absolute Gasteiger partial charge is 0.209 e. The van der Waals surface area contributed by atoms with Gasteiger partial charge in [-0.05, 0) is 10.4 Å². The number of nitrogens with zero attached hydrogens (tertiary/aromatic N) is 4. The van der Waals surface area contributed by atoms with Crippen LogP contribution in [0.1, 0.15) is 0 Å². The number of aliphatic hydroxyl groups is 1. The van der Waals surface area contributed by atoms with Crippen molar-refractivity contribution in [3.8, 4) is 0 Å². The lowest BCUT2D eigenvalue weighted by Gasteiger charge is -2.03. The molecule has 1 heterocycles. The number of hydrogen-bond donors (Lipinski definition) is 1. The highest BCUT2D eigenvalue weighted by molar-refractivity contribution is 7.99. The Bertz CT molecular complexity index is 284. The van der Waals surface area contributed by atoms with Gasteiger partial charge >= 0.3 is 0 Å². The summed E-state index contributed by atoms with van der Waals surface area (Å²) in [5.74, 6) is 0.773. The van der Waals surface area contributed by atoms with Gasteiger partial charge in [-0.2, -0.15) is 0 Å². The van der Waals surface area contributed by atoms with Gasteiger partial charge in [0.25, 0.3) is 0 Å². The number of methoxy groups -OCH3 is 1. The van der Waals surface area contributed by atoms with Crippen LogP contribution in [0, 0.1) is 0 Å². The second kappa shape index (κ2) is 8.45. The van der Waals surface area contributed by atoms with Crippen molar-refractivity contribution < 1.29 is 14.6 Å². The Kier molecular flexibility index (Phi) is 7.06. The molecule has 0 spiro atoms. The first-order chi connectivity index (χ1) is 7.88. The van der Waals surface area contributed by atoms with E-state index in [0.29, 0.717) is 31.5 Å². The van der Waals surface area contributed by atoms with Gasteiger partial charge in [0, 0.05) is 12.9 Å². The van der Waals surface area contributed by atoms with Gasteiger partial charge in [-0.25, -0.2) is 4.68 Å². The number of aliphatic hydroxyl groups excluding tert-OH is 1. The molecule has 0 unspecified atom stereocenters. The van der Waals surface area contributed by atoms with Gasteiger partial charge < -0.3 is 14.6 Å². The summed E-state index contributed by atoms with van der Waals surface area (Å²) >= 11 is 1.50. The number of ether oxygens (including phenoxy) is 2. The Hall–Kier alpha value is -0.700. The maximum atomic E-state index is 8.77. The van der Waals surface area contributed by atoms with Crippen LogP contribution in [0.15, 0.2) is 5.16 Å². The van der Waals surface area contributed by atoms with Crippen LogP contribution >= 0.6 is 11.8 Å². The van der Waals surface area contributed by atoms with Crippen molar-refractivity contribution in [2.24, 2.45) is 0 Å². The molecule has 0 aromatic carbocycles. The molecule has 1 aromatic rings. The zero-order chi connectivity index (χ0) is 11.6. The van der Waals surface area contributed by atoms with E-state index in [9.17, 15) is 0 Å². The molecule has 0 amide bonds. The molecule has 0 aliphatic heterocycles. The minimum Gasteiger partial charge on any atom is -0.394 e. The lowest BCUT2D eigenvalue weighted by Crippen LogP contribution is -2.07. The van der Waals surface area contributed by atoms with Crippen LogP contribution in [-0.2, 0) is 16.0 Å². The van der Waals surface area contributed by atoms with Crippen LogP contribution in [0.2, 0.25) is 0 Å². The summed E-state index contributed by atoms with van der Waals surface area (Å²) in [6.07, 6.45) is 0. The average molecular weight is 248 g/mol. The van der Waals surface area contributed by atoms with Gasteiger partial charge in [0.05, 0.1) is 33.0 Å². The van der Waals surface area contributed by atoms with E-state index < -0.39 is 0 Å². The first kappa shape index (κ1) is 13.4. The number of thioether (sulfide) groups is 1. The van der Waals surface area contributed by atoms with Gasteiger partial charge in [-0.3, -0.25) is 0 Å². The highest BCUT2D eigenvalue weighted by Gasteiger charge is 2.05. The number of rotatable bonds is 9. The predicted molar refractivity (Wildman–Crippen MR) is 58.3 cm³/mol. The van der Waals surface area contributed by atoms with Crippen molar-refractivity contribution in [3.63, 3.8) is 0 Å². The van der Waals surface area contributed by atoms with Crippen molar-refractivity contribution in [2.45, 2.75) is 11.7 Å². The van der Waals surface area contributed by atoms with E-state index in [1.54, 1.807) is 11.8 Å². The summed E-state index contributed by atoms with van der Waals surface area (Å²) in [4.78, 5) is 0. The minimum absolute atomic E-state index is 0.0307. The standard InChI is InChI=1S/C8H16N4O3S/c1-14-4-5-15-6-7-16-8-9-10-11-12(8)2-3-13/h13H,2-7H2,1H3. The molecule has 0 radical (unpaired) electrons. The van der Waals surface area contributed by atoms with E-state index in [4.69, 9.17) is 14.6 Å². The molecule has 0 saturated heterocycles. The number of tetrazole rings is 1. The summed E-state index contributed by atoms with van der Waals surface area (Å²) in [5, 5.41) is 20.6. The monoisotopic (exact) mass is 248 g/mol. The molecule has 1 aromatic heterocycles. The van der Waals surface area contributed by atoms with E-state index in [2.05, 4.69) is 15.5 Å². The zero-order valence-electron chi connectivity index (χ0n) is 9.20. The second-order valence-corrected chi connectivity index (χ2v) is 3.92. The first-order valence-corrected chi connectivity index (χ1v) is 5.93. The Balaban J connectivity index is 2.13. The van der Waals surface area contributed by atoms with Crippen LogP contribution in [0.3, 0.4) is 0 Å². The average Bonchev–Trinajstić information content (AvgIpc) is 2.72. The number of hydrogen-bond acceptors (Lipinski definition) is 7. The summed E-state index contributed by atoms with van der Waals surface area (Å²) in [6, 6.07) is 0. The fourth-order valence-corrected chi connectivity index (χ4v) is 1.73. The SMILES string of the molecule is COCCOCCSc1nnnn1CCO. The largest absolute Gasteiger partial charge is 0.394 e. The highest BCUT2D eigenvalue weighted by Crippen LogP contribution is 2.12. The van der Waals surface area contributed by atoms with Crippen molar-refractivity contribution >= 4 is 11.8 Å². The highest BCUT2D eigenvalue weighted by atomic mass is 32.2. The third-order valence-corrected chi connectivity index (χ3v) is 2.62. The van der Waals surface area contributed by atoms with Crippen molar-refractivity contribution in [1.82, 2.24) is 20.2 Å². The van der Waals surface area contributed by atoms with E-state index in [1.165, 1.54) is 11.8 Å². The molecule has 0 bridgehead atoms. The van der Waals surface area contributed by atoms with E-state index in [0.717, 1.165) is 5.75 Å². The molecule has 1 N–H and O–H groups in total. The Morgan fingerprint density at radius 1 is 1.38 bits per heavy atom. The summed E-state index contributed by atoms with van der Waals surface area (Å²) in [6.45, 7) is 2.27. The Labute approximate surface area is 98.1 Å². The topological polar surface area (TPSA) is 82.3 Å². The summed E-state index contributed by atoms with van der Waals surface area (Å²) < 4.78 is 11.7. The molecule has 92 valence electrons. The molecular weight excluding hydrogens is 232 g/mol. The third-order valence-electron chi connectivity index (χ3n) is 1.70. The molecular formula is C8H16N4O3S. The van der Waals surface area contributed by atoms with E-state index >= 15 is 0 Å². The lowest BCUT2D eigenvalue weighted by atomic mass is 10.7. The molecule has 8 heteroatoms. The van der Waals surface area contributed by atoms with Gasteiger partial charge in [0.15, 0.2) is 0 Å². The normalized spacial score (nSPS) is 10.9. The van der Waals surface area contributed by atoms with Crippen LogP contribution in [-0.4, -0.2) is 64.6 Å². The lowest BCUT2D eigenvalue weighted by molar-refractivity contribution is 0.0790. The van der Waals surface area contributed by atoms with Crippen molar-refractivity contribution in [2.75, 3.05) is 39.3 Å². The Morgan fingerprint density at radius 3 is 3.00 bits per heavy atom. The molecule has 0 aliphatic rings. The van der Waals surface area contributed by atoms with Crippen molar-refractivity contribution in [1.29, 1.82) is 0 Å². The molecule has 0 saturated carbocycles. The molecule has 1 rings (SSSR count). The third kappa shape index (κ3) is 4.88. The van der Waals surface area contributed by atoms with Crippen LogP contribution in [0.4, 0.5) is 0 Å². The Morgan fingerprint density at radius 2 is 2.25 bits per heavy atom. The zero-order valence-corrected chi connectivity index (χ0v) is 10.0. The maximum Gasteiger partial charge on any atom is 0.209 e. The molecule has 16 heavy (non-hydrogen) atoms. The second-order valence-electron chi connectivity index (χ2n) is 2.86. The molecule has 0 fully saturated rings. The molecule has 0 aliphatic carbocycles. The van der Waals surface area contributed by atoms with Gasteiger partial charge in [0.2, 0.25) is 5.16 Å². The number of aromatic nitrogens is 4. The maximum absolute atomic E-state index is 8.77. The van der Waals surface area contributed by atoms with E-state index in [1.807, 2.05) is 0 Å². The van der Waals surface area contributed by atoms with Crippen LogP contribution in [0.5, 0.6) is 0 Å².